The Labute approximate surface area is 300 Å². The van der Waals surface area contributed by atoms with Gasteiger partial charge in [0.25, 0.3) is 0 Å². The number of hydrogen-bond donors (Lipinski definition) is 3. The third-order valence-electron chi connectivity index (χ3n) is 8.79. The zero-order valence-corrected chi connectivity index (χ0v) is 33.4. The Morgan fingerprint density at radius 3 is 1.42 bits per heavy atom. The molecule has 1 heterocycles. The van der Waals surface area contributed by atoms with E-state index >= 15 is 0 Å². The molecule has 2 aromatic rings. The molecule has 280 valence electrons. The van der Waals surface area contributed by atoms with Gasteiger partial charge < -0.3 is 19.7 Å². The summed E-state index contributed by atoms with van der Waals surface area (Å²) in [5.41, 5.74) is 0.754. The van der Waals surface area contributed by atoms with Crippen LogP contribution < -0.4 is 9.47 Å². The molecule has 1 atom stereocenters. The van der Waals surface area contributed by atoms with Crippen molar-refractivity contribution in [3.63, 3.8) is 0 Å². The highest BCUT2D eigenvalue weighted by Gasteiger charge is 2.39. The van der Waals surface area contributed by atoms with Gasteiger partial charge in [-0.2, -0.15) is 12.7 Å². The highest BCUT2D eigenvalue weighted by atomic mass is 32.2. The number of phenols is 2. The number of amidine groups is 2. The van der Waals surface area contributed by atoms with Crippen LogP contribution in [-0.4, -0.2) is 45.7 Å². The van der Waals surface area contributed by atoms with Crippen LogP contribution in [0.15, 0.2) is 34.3 Å². The lowest BCUT2D eigenvalue weighted by molar-refractivity contribution is 0.305. The van der Waals surface area contributed by atoms with Crippen molar-refractivity contribution in [3.8, 4) is 23.0 Å². The highest BCUT2D eigenvalue weighted by Crippen LogP contribution is 2.43. The van der Waals surface area contributed by atoms with Gasteiger partial charge in [-0.3, -0.25) is 4.55 Å². The molecule has 10 nitrogen and oxygen atoms in total. The number of ether oxygens (including phenoxy) is 2. The summed E-state index contributed by atoms with van der Waals surface area (Å²) in [6, 6.07) is 6.24. The first-order valence-electron chi connectivity index (χ1n) is 17.8. The molecule has 3 N–H and O–H groups in total. The Bertz CT molecular complexity index is 1620. The van der Waals surface area contributed by atoms with Crippen LogP contribution in [0.5, 0.6) is 23.0 Å². The van der Waals surface area contributed by atoms with Crippen molar-refractivity contribution in [2.75, 3.05) is 0 Å². The number of rotatable bonds is 10. The Balaban J connectivity index is 2.21. The molecule has 0 fully saturated rings. The summed E-state index contributed by atoms with van der Waals surface area (Å²) in [6.45, 7) is 25.9. The Hall–Kier alpha value is -3.31. The van der Waals surface area contributed by atoms with Gasteiger partial charge in [0.2, 0.25) is 0 Å². The summed E-state index contributed by atoms with van der Waals surface area (Å²) >= 11 is 0. The Morgan fingerprint density at radius 2 is 1.04 bits per heavy atom. The van der Waals surface area contributed by atoms with Crippen molar-refractivity contribution < 1.29 is 32.7 Å². The number of unbranched alkanes of at least 4 members (excludes halogenated alkanes) is 5. The van der Waals surface area contributed by atoms with Crippen molar-refractivity contribution >= 4 is 22.3 Å². The number of phenolic OH excluding ortho intramolecular Hbond substituents is 2. The van der Waals surface area contributed by atoms with E-state index in [0.29, 0.717) is 38.7 Å². The summed E-state index contributed by atoms with van der Waals surface area (Å²) in [6.07, 6.45) is 5.00. The number of hydrogen-bond acceptors (Lipinski definition) is 8. The topological polar surface area (TPSA) is 141 Å². The molecule has 0 bridgehead atoms. The fourth-order valence-electron chi connectivity index (χ4n) is 5.96. The van der Waals surface area contributed by atoms with Gasteiger partial charge in [0.05, 0.1) is 0 Å². The summed E-state index contributed by atoms with van der Waals surface area (Å²) < 4.78 is 49.9. The van der Waals surface area contributed by atoms with Crippen molar-refractivity contribution in [1.29, 1.82) is 0 Å². The van der Waals surface area contributed by atoms with E-state index in [0.717, 1.165) is 32.1 Å². The van der Waals surface area contributed by atoms with E-state index in [4.69, 9.17) is 9.47 Å². The van der Waals surface area contributed by atoms with Gasteiger partial charge in [0, 0.05) is 22.3 Å². The van der Waals surface area contributed by atoms with Gasteiger partial charge in [0.1, 0.15) is 29.2 Å². The quantitative estimate of drug-likeness (QED) is 0.164. The number of aromatic hydroxyl groups is 2. The maximum atomic E-state index is 13.0. The van der Waals surface area contributed by atoms with E-state index in [-0.39, 0.29) is 29.7 Å². The van der Waals surface area contributed by atoms with Gasteiger partial charge in [-0.15, -0.1) is 4.99 Å². The first-order chi connectivity index (χ1) is 22.7. The van der Waals surface area contributed by atoms with Crippen LogP contribution in [0.2, 0.25) is 0 Å². The van der Waals surface area contributed by atoms with Crippen LogP contribution in [0.4, 0.5) is 0 Å². The third kappa shape index (κ3) is 10.4. The van der Waals surface area contributed by atoms with Gasteiger partial charge >= 0.3 is 22.3 Å². The van der Waals surface area contributed by atoms with Gasteiger partial charge in [-0.25, -0.2) is 4.99 Å². The number of nitrogens with zero attached hydrogens (tertiary/aromatic N) is 3. The SMILES string of the molecule is CCCCCCCCC1N=C(Oc2cc(C(C)(C)C)c(O)c(C(C)(C)C)c2)N=C(Oc2cc(C(C)(C)C)c(O)c(C(C)(C)C)c2)N1S(=O)(=O)O. The molecule has 3 rings (SSSR count). The predicted octanol–water partition coefficient (Wildman–Crippen LogP) is 9.65. The molecule has 0 saturated heterocycles. The lowest BCUT2D eigenvalue weighted by atomic mass is 9.79. The fraction of sp³-hybridized carbons (Fsp3) is 0.641. The van der Waals surface area contributed by atoms with E-state index in [2.05, 4.69) is 16.9 Å². The molecule has 0 saturated carbocycles. The van der Waals surface area contributed by atoms with Crippen molar-refractivity contribution in [2.24, 2.45) is 9.98 Å². The van der Waals surface area contributed by atoms with Crippen LogP contribution in [-0.2, 0) is 32.0 Å². The van der Waals surface area contributed by atoms with Gasteiger partial charge in [0.15, 0.2) is 0 Å². The average molecular weight is 716 g/mol. The van der Waals surface area contributed by atoms with Crippen LogP contribution in [0.25, 0.3) is 0 Å². The van der Waals surface area contributed by atoms with Crippen molar-refractivity contribution in [2.45, 2.75) is 163 Å². The third-order valence-corrected chi connectivity index (χ3v) is 9.69. The van der Waals surface area contributed by atoms with Crippen LogP contribution >= 0.6 is 0 Å². The minimum absolute atomic E-state index is 0.137. The smallest absolute Gasteiger partial charge is 0.365 e. The Morgan fingerprint density at radius 1 is 0.660 bits per heavy atom. The molecule has 0 radical (unpaired) electrons. The van der Waals surface area contributed by atoms with E-state index in [9.17, 15) is 23.2 Å². The minimum atomic E-state index is -4.90. The summed E-state index contributed by atoms with van der Waals surface area (Å²) in [7, 11) is -4.90. The highest BCUT2D eigenvalue weighted by molar-refractivity contribution is 7.84. The van der Waals surface area contributed by atoms with Crippen LogP contribution in [0.1, 0.15) is 157 Å². The first-order valence-corrected chi connectivity index (χ1v) is 19.2. The lowest BCUT2D eigenvalue weighted by Crippen LogP contribution is -2.49. The monoisotopic (exact) mass is 715 g/mol. The summed E-state index contributed by atoms with van der Waals surface area (Å²) in [5, 5.41) is 22.5. The molecule has 0 spiro atoms. The average Bonchev–Trinajstić information content (AvgIpc) is 2.93. The molecule has 0 aromatic heterocycles. The number of aliphatic imine (C=N–C) groups is 2. The molecule has 1 aliphatic rings. The molecule has 0 amide bonds. The lowest BCUT2D eigenvalue weighted by Gasteiger charge is -2.32. The minimum Gasteiger partial charge on any atom is -0.507 e. The maximum absolute atomic E-state index is 13.0. The van der Waals surface area contributed by atoms with Crippen LogP contribution in [0.3, 0.4) is 0 Å². The second-order valence-electron chi connectivity index (χ2n) is 17.6. The van der Waals surface area contributed by atoms with Gasteiger partial charge in [-0.1, -0.05) is 122 Å². The summed E-state index contributed by atoms with van der Waals surface area (Å²) in [4.78, 5) is 9.03. The molecular weight excluding hydrogens is 655 g/mol. The van der Waals surface area contributed by atoms with Crippen LogP contribution in [0, 0.1) is 0 Å². The van der Waals surface area contributed by atoms with Crippen molar-refractivity contribution in [1.82, 2.24) is 4.31 Å². The molecule has 11 heteroatoms. The molecule has 50 heavy (non-hydrogen) atoms. The number of benzene rings is 2. The largest absolute Gasteiger partial charge is 0.507 e. The standard InChI is InChI=1S/C39H61N3O7S/c1-14-15-16-17-18-19-20-31-40-34(48-25-21-27(36(2,3)4)32(43)28(22-25)37(5,6)7)41-35(42(31)50(45,46)47)49-26-23-29(38(8,9)10)33(44)30(24-26)39(11,12)13/h21-24,31,43-44H,14-20H2,1-13H3,(H,45,46,47). The molecular formula is C39H61N3O7S. The van der Waals surface area contributed by atoms with E-state index in [1.54, 1.807) is 24.3 Å². The van der Waals surface area contributed by atoms with Crippen molar-refractivity contribution in [3.05, 3.63) is 46.5 Å². The predicted molar refractivity (Wildman–Crippen MR) is 202 cm³/mol. The second-order valence-corrected chi connectivity index (χ2v) is 18.8. The molecule has 1 aliphatic heterocycles. The molecule has 1 unspecified atom stereocenters. The van der Waals surface area contributed by atoms with E-state index in [1.165, 1.54) is 0 Å². The Kier molecular flexibility index (Phi) is 12.4. The van der Waals surface area contributed by atoms with E-state index < -0.39 is 44.2 Å². The van der Waals surface area contributed by atoms with Gasteiger partial charge in [-0.05, 0) is 58.8 Å². The summed E-state index contributed by atoms with van der Waals surface area (Å²) in [5.74, 6) is 0.926. The zero-order valence-electron chi connectivity index (χ0n) is 32.6. The molecule has 0 aliphatic carbocycles. The normalized spacial score (nSPS) is 16.3. The first kappa shape index (κ1) is 41.1. The zero-order chi connectivity index (χ0) is 38.0. The molecule has 2 aromatic carbocycles. The maximum Gasteiger partial charge on any atom is 0.365 e. The van der Waals surface area contributed by atoms with E-state index in [1.807, 2.05) is 83.1 Å². The fourth-order valence-corrected chi connectivity index (χ4v) is 6.69. The second kappa shape index (κ2) is 15.1.